The third-order valence-corrected chi connectivity index (χ3v) is 2.78. The summed E-state index contributed by atoms with van der Waals surface area (Å²) in [5.41, 5.74) is 0.0228. The lowest BCUT2D eigenvalue weighted by atomic mass is 10.2. The molecule has 1 aromatic carbocycles. The van der Waals surface area contributed by atoms with E-state index in [2.05, 4.69) is 5.32 Å². The number of ether oxygens (including phenoxy) is 1. The highest BCUT2D eigenvalue weighted by Crippen LogP contribution is 2.31. The van der Waals surface area contributed by atoms with Crippen LogP contribution >= 0.6 is 0 Å². The Kier molecular flexibility index (Phi) is 2.83. The van der Waals surface area contributed by atoms with E-state index in [0.717, 1.165) is 19.4 Å². The molecule has 1 heterocycles. The quantitative estimate of drug-likeness (QED) is 0.762. The second kappa shape index (κ2) is 4.14. The number of rotatable bonds is 3. The highest BCUT2D eigenvalue weighted by Gasteiger charge is 2.30. The van der Waals surface area contributed by atoms with E-state index in [0.29, 0.717) is 17.6 Å². The van der Waals surface area contributed by atoms with Crippen molar-refractivity contribution in [3.8, 4) is 11.5 Å². The van der Waals surface area contributed by atoms with Gasteiger partial charge < -0.3 is 9.84 Å². The lowest BCUT2D eigenvalue weighted by molar-refractivity contribution is 0.0699. The number of aldehydes is 1. The summed E-state index contributed by atoms with van der Waals surface area (Å²) in [6.07, 6.45) is 2.66. The SMILES string of the molecule is C[C@]1(Oc2ccc(C=O)cc2O)CCCN1. The molecule has 1 atom stereocenters. The van der Waals surface area contributed by atoms with Gasteiger partial charge >= 0.3 is 0 Å². The minimum absolute atomic E-state index is 0.000440. The van der Waals surface area contributed by atoms with E-state index in [1.165, 1.54) is 6.07 Å². The summed E-state index contributed by atoms with van der Waals surface area (Å²) in [5, 5.41) is 12.9. The van der Waals surface area contributed by atoms with Crippen LogP contribution < -0.4 is 10.1 Å². The highest BCUT2D eigenvalue weighted by molar-refractivity contribution is 5.76. The first-order valence-corrected chi connectivity index (χ1v) is 5.35. The first kappa shape index (κ1) is 11.0. The molecule has 4 nitrogen and oxygen atoms in total. The number of carbonyl (C=O) groups is 1. The topological polar surface area (TPSA) is 58.6 Å². The molecule has 2 N–H and O–H groups in total. The number of nitrogens with one attached hydrogen (secondary N) is 1. The van der Waals surface area contributed by atoms with E-state index in [1.807, 2.05) is 6.92 Å². The Balaban J connectivity index is 2.18. The van der Waals surface area contributed by atoms with Gasteiger partial charge in [0.25, 0.3) is 0 Å². The summed E-state index contributed by atoms with van der Waals surface area (Å²) in [5.74, 6) is 0.405. The number of benzene rings is 1. The Morgan fingerprint density at radius 2 is 2.38 bits per heavy atom. The van der Waals surface area contributed by atoms with Gasteiger partial charge in [-0.3, -0.25) is 10.1 Å². The van der Waals surface area contributed by atoms with E-state index in [4.69, 9.17) is 4.74 Å². The lowest BCUT2D eigenvalue weighted by Gasteiger charge is -2.26. The van der Waals surface area contributed by atoms with Crippen molar-refractivity contribution in [2.24, 2.45) is 0 Å². The third-order valence-electron chi connectivity index (χ3n) is 2.78. The van der Waals surface area contributed by atoms with E-state index in [9.17, 15) is 9.90 Å². The Hall–Kier alpha value is -1.55. The van der Waals surface area contributed by atoms with Crippen LogP contribution in [0, 0.1) is 0 Å². The first-order chi connectivity index (χ1) is 7.63. The van der Waals surface area contributed by atoms with Crippen LogP contribution in [0.15, 0.2) is 18.2 Å². The van der Waals surface area contributed by atoms with Crippen molar-refractivity contribution in [2.45, 2.75) is 25.5 Å². The van der Waals surface area contributed by atoms with Crippen molar-refractivity contribution in [1.29, 1.82) is 0 Å². The molecule has 1 aromatic rings. The van der Waals surface area contributed by atoms with Crippen molar-refractivity contribution < 1.29 is 14.6 Å². The maximum atomic E-state index is 10.5. The molecule has 1 saturated heterocycles. The van der Waals surface area contributed by atoms with Gasteiger partial charge in [0.05, 0.1) is 0 Å². The van der Waals surface area contributed by atoms with Crippen LogP contribution in [0.3, 0.4) is 0 Å². The Labute approximate surface area is 94.2 Å². The molecule has 2 rings (SSSR count). The molecule has 16 heavy (non-hydrogen) atoms. The van der Waals surface area contributed by atoms with Gasteiger partial charge in [-0.15, -0.1) is 0 Å². The fraction of sp³-hybridized carbons (Fsp3) is 0.417. The minimum atomic E-state index is -0.416. The van der Waals surface area contributed by atoms with Crippen LogP contribution in [0.2, 0.25) is 0 Å². The van der Waals surface area contributed by atoms with Gasteiger partial charge in [0.2, 0.25) is 0 Å². The molecule has 1 aliphatic heterocycles. The van der Waals surface area contributed by atoms with Crippen molar-refractivity contribution in [3.05, 3.63) is 23.8 Å². The number of hydrogen-bond donors (Lipinski definition) is 2. The van der Waals surface area contributed by atoms with Crippen LogP contribution in [0.4, 0.5) is 0 Å². The van der Waals surface area contributed by atoms with Crippen LogP contribution in [0.1, 0.15) is 30.1 Å². The van der Waals surface area contributed by atoms with Crippen LogP contribution in [0.25, 0.3) is 0 Å². The minimum Gasteiger partial charge on any atom is -0.504 e. The fourth-order valence-corrected chi connectivity index (χ4v) is 1.89. The average Bonchev–Trinajstić information content (AvgIpc) is 2.68. The molecule has 0 spiro atoms. The number of hydrogen-bond acceptors (Lipinski definition) is 4. The van der Waals surface area contributed by atoms with Gasteiger partial charge in [-0.1, -0.05) is 0 Å². The maximum absolute atomic E-state index is 10.5. The summed E-state index contributed by atoms with van der Waals surface area (Å²) < 4.78 is 5.72. The maximum Gasteiger partial charge on any atom is 0.163 e. The van der Waals surface area contributed by atoms with E-state index in [-0.39, 0.29) is 5.75 Å². The lowest BCUT2D eigenvalue weighted by Crippen LogP contribution is -2.42. The van der Waals surface area contributed by atoms with Crippen LogP contribution in [0.5, 0.6) is 11.5 Å². The molecule has 0 radical (unpaired) electrons. The molecule has 0 unspecified atom stereocenters. The number of carbonyl (C=O) groups excluding carboxylic acids is 1. The smallest absolute Gasteiger partial charge is 0.163 e. The number of phenols is 1. The van der Waals surface area contributed by atoms with Gasteiger partial charge in [-0.25, -0.2) is 0 Å². The largest absolute Gasteiger partial charge is 0.504 e. The molecule has 0 aliphatic carbocycles. The molecular formula is C12H15NO3. The molecule has 1 fully saturated rings. The van der Waals surface area contributed by atoms with E-state index in [1.54, 1.807) is 12.1 Å². The fourth-order valence-electron chi connectivity index (χ4n) is 1.89. The Bertz CT molecular complexity index is 397. The molecular weight excluding hydrogens is 206 g/mol. The molecule has 1 aliphatic rings. The molecule has 0 amide bonds. The zero-order chi connectivity index (χ0) is 11.6. The van der Waals surface area contributed by atoms with Crippen molar-refractivity contribution in [2.75, 3.05) is 6.54 Å². The number of phenolic OH excluding ortho intramolecular Hbond substituents is 1. The molecule has 86 valence electrons. The molecule has 0 saturated carbocycles. The predicted molar refractivity (Wildman–Crippen MR) is 59.8 cm³/mol. The predicted octanol–water partition coefficient (Wildman–Crippen LogP) is 1.68. The zero-order valence-corrected chi connectivity index (χ0v) is 9.19. The second-order valence-corrected chi connectivity index (χ2v) is 4.21. The molecule has 0 bridgehead atoms. The van der Waals surface area contributed by atoms with Gasteiger partial charge in [0.15, 0.2) is 17.2 Å². The summed E-state index contributed by atoms with van der Waals surface area (Å²) >= 11 is 0. The van der Waals surface area contributed by atoms with Gasteiger partial charge in [0.1, 0.15) is 6.29 Å². The van der Waals surface area contributed by atoms with E-state index < -0.39 is 5.72 Å². The third kappa shape index (κ3) is 2.17. The second-order valence-electron chi connectivity index (χ2n) is 4.21. The summed E-state index contributed by atoms with van der Waals surface area (Å²) in [4.78, 5) is 10.5. The molecule has 4 heteroatoms. The van der Waals surface area contributed by atoms with Gasteiger partial charge in [-0.05, 0) is 38.1 Å². The average molecular weight is 221 g/mol. The zero-order valence-electron chi connectivity index (χ0n) is 9.19. The summed E-state index contributed by atoms with van der Waals surface area (Å²) in [6, 6.07) is 4.64. The summed E-state index contributed by atoms with van der Waals surface area (Å²) in [6.45, 7) is 2.87. The van der Waals surface area contributed by atoms with Gasteiger partial charge in [-0.2, -0.15) is 0 Å². The van der Waals surface area contributed by atoms with E-state index >= 15 is 0 Å². The van der Waals surface area contributed by atoms with Gasteiger partial charge in [0, 0.05) is 12.0 Å². The Morgan fingerprint density at radius 3 is 2.94 bits per heavy atom. The molecule has 0 aromatic heterocycles. The first-order valence-electron chi connectivity index (χ1n) is 5.35. The van der Waals surface area contributed by atoms with Crippen molar-refractivity contribution in [3.63, 3.8) is 0 Å². The van der Waals surface area contributed by atoms with Crippen LogP contribution in [-0.2, 0) is 0 Å². The summed E-state index contributed by atoms with van der Waals surface area (Å²) in [7, 11) is 0. The van der Waals surface area contributed by atoms with Crippen LogP contribution in [-0.4, -0.2) is 23.7 Å². The highest BCUT2D eigenvalue weighted by atomic mass is 16.5. The Morgan fingerprint density at radius 1 is 1.56 bits per heavy atom. The van der Waals surface area contributed by atoms with Crippen molar-refractivity contribution >= 4 is 6.29 Å². The number of aromatic hydroxyl groups is 1. The normalized spacial score (nSPS) is 24.3. The monoisotopic (exact) mass is 221 g/mol. The standard InChI is InChI=1S/C12H15NO3/c1-12(5-2-6-13-12)16-11-4-3-9(8-14)7-10(11)15/h3-4,7-8,13,15H,2,5-6H2,1H3/t12-/m0/s1. The van der Waals surface area contributed by atoms with Crippen molar-refractivity contribution in [1.82, 2.24) is 5.32 Å².